The second kappa shape index (κ2) is 19.1. The van der Waals surface area contributed by atoms with Gasteiger partial charge in [0, 0.05) is 11.8 Å². The summed E-state index contributed by atoms with van der Waals surface area (Å²) in [6.07, 6.45) is 7.17. The lowest BCUT2D eigenvalue weighted by Gasteiger charge is -2.12. The summed E-state index contributed by atoms with van der Waals surface area (Å²) in [7, 11) is 0. The maximum atomic E-state index is 2.36. The summed E-state index contributed by atoms with van der Waals surface area (Å²) in [5, 5.41) is 0. The van der Waals surface area contributed by atoms with E-state index in [1.54, 1.807) is 11.1 Å². The summed E-state index contributed by atoms with van der Waals surface area (Å²) in [5.41, 5.74) is 23.6. The fraction of sp³-hybridized carbons (Fsp3) is 0.333. The Balaban J connectivity index is 0.000000162. The second-order valence-electron chi connectivity index (χ2n) is 15.2. The highest BCUT2D eigenvalue weighted by atomic mass is 14.4. The molecular formula is C54H64. The van der Waals surface area contributed by atoms with Gasteiger partial charge in [-0.2, -0.15) is 0 Å². The van der Waals surface area contributed by atoms with E-state index in [2.05, 4.69) is 191 Å². The van der Waals surface area contributed by atoms with Gasteiger partial charge in [-0.3, -0.25) is 0 Å². The molecule has 2 unspecified atom stereocenters. The highest BCUT2D eigenvalue weighted by Crippen LogP contribution is 2.52. The number of hydrogen-bond acceptors (Lipinski definition) is 0. The van der Waals surface area contributed by atoms with Crippen LogP contribution in [0.15, 0.2) is 121 Å². The van der Waals surface area contributed by atoms with Gasteiger partial charge < -0.3 is 0 Å². The van der Waals surface area contributed by atoms with Gasteiger partial charge in [0.1, 0.15) is 0 Å². The topological polar surface area (TPSA) is 0 Å². The standard InChI is InChI=1S/2C21H16.4C3H8/c1-13-15-7-4-5-9-19(15)21-16(13)10-11-18-17-8-3-2-6-14(17)12-20(18)21;1-13-15-7-4-5-9-17(15)19-11-10-18-16-8-3-2-6-14(16)12-20(18)21(13)19;4*1-3-2/h2*2-11,13H,12H2,1H3;4*3H2,1-2H3. The average Bonchev–Trinajstić information content (AvgIpc) is 3.92. The summed E-state index contributed by atoms with van der Waals surface area (Å²) in [4.78, 5) is 0. The largest absolute Gasteiger partial charge is 0.0656 e. The Hall–Kier alpha value is -4.68. The van der Waals surface area contributed by atoms with E-state index in [1.165, 1.54) is 104 Å². The fourth-order valence-electron chi connectivity index (χ4n) is 8.42. The molecule has 0 heteroatoms. The van der Waals surface area contributed by atoms with Crippen LogP contribution in [0.2, 0.25) is 0 Å². The third-order valence-electron chi connectivity index (χ3n) is 10.4. The maximum absolute atomic E-state index is 2.36. The predicted molar refractivity (Wildman–Crippen MR) is 239 cm³/mol. The minimum atomic E-state index is 0.514. The van der Waals surface area contributed by atoms with Gasteiger partial charge in [0.15, 0.2) is 0 Å². The molecule has 0 fully saturated rings. The number of rotatable bonds is 0. The van der Waals surface area contributed by atoms with Crippen molar-refractivity contribution in [1.82, 2.24) is 0 Å². The van der Waals surface area contributed by atoms with Crippen LogP contribution in [0.1, 0.15) is 151 Å². The van der Waals surface area contributed by atoms with E-state index in [4.69, 9.17) is 0 Å². The highest BCUT2D eigenvalue weighted by molar-refractivity contribution is 5.91. The molecule has 0 N–H and O–H groups in total. The Kier molecular flexibility index (Phi) is 14.3. The number of hydrogen-bond donors (Lipinski definition) is 0. The minimum Gasteiger partial charge on any atom is -0.0656 e. The molecule has 0 saturated heterocycles. The van der Waals surface area contributed by atoms with Crippen molar-refractivity contribution in [2.24, 2.45) is 0 Å². The van der Waals surface area contributed by atoms with Gasteiger partial charge in [-0.05, 0) is 102 Å². The molecule has 10 rings (SSSR count). The molecule has 0 spiro atoms. The van der Waals surface area contributed by atoms with Crippen LogP contribution in [0.5, 0.6) is 0 Å². The molecule has 0 nitrogen and oxygen atoms in total. The van der Waals surface area contributed by atoms with Crippen molar-refractivity contribution < 1.29 is 0 Å². The molecule has 0 saturated carbocycles. The zero-order chi connectivity index (χ0) is 38.8. The van der Waals surface area contributed by atoms with E-state index in [1.807, 2.05) is 0 Å². The Bertz CT molecular complexity index is 2140. The molecule has 0 aliphatic heterocycles. The SMILES string of the molecule is CC1c2ccccc2-c2c1ccc1c2Cc2ccccc2-1.CC1c2ccccc2-c2ccc3c(c21)Cc1ccccc1-3.CCC.CCC.CCC.CCC. The van der Waals surface area contributed by atoms with E-state index in [9.17, 15) is 0 Å². The number of benzene rings is 6. The van der Waals surface area contributed by atoms with E-state index in [0.29, 0.717) is 11.8 Å². The minimum absolute atomic E-state index is 0.514. The highest BCUT2D eigenvalue weighted by Gasteiger charge is 2.33. The Morgan fingerprint density at radius 3 is 1.30 bits per heavy atom. The van der Waals surface area contributed by atoms with Crippen LogP contribution in [-0.4, -0.2) is 0 Å². The molecule has 6 aromatic carbocycles. The zero-order valence-electron chi connectivity index (χ0n) is 34.9. The quantitative estimate of drug-likeness (QED) is 0.147. The van der Waals surface area contributed by atoms with E-state index >= 15 is 0 Å². The zero-order valence-corrected chi connectivity index (χ0v) is 34.9. The monoisotopic (exact) mass is 713 g/mol. The number of fused-ring (bicyclic) bond motifs is 14. The van der Waals surface area contributed by atoms with Crippen LogP contribution in [0.25, 0.3) is 44.5 Å². The van der Waals surface area contributed by atoms with Gasteiger partial charge in [-0.15, -0.1) is 0 Å². The van der Waals surface area contributed by atoms with Crippen LogP contribution < -0.4 is 0 Å². The summed E-state index contributed by atoms with van der Waals surface area (Å²) < 4.78 is 0. The average molecular weight is 713 g/mol. The van der Waals surface area contributed by atoms with Crippen molar-refractivity contribution in [3.63, 3.8) is 0 Å². The van der Waals surface area contributed by atoms with Crippen LogP contribution in [-0.2, 0) is 12.8 Å². The van der Waals surface area contributed by atoms with Crippen LogP contribution in [0.3, 0.4) is 0 Å². The van der Waals surface area contributed by atoms with E-state index in [0.717, 1.165) is 12.8 Å². The predicted octanol–water partition coefficient (Wildman–Crippen LogP) is 16.4. The molecular weight excluding hydrogens is 649 g/mol. The van der Waals surface area contributed by atoms with E-state index < -0.39 is 0 Å². The lowest BCUT2D eigenvalue weighted by Crippen LogP contribution is -1.96. The van der Waals surface area contributed by atoms with Crippen molar-refractivity contribution in [3.8, 4) is 44.5 Å². The molecule has 54 heavy (non-hydrogen) atoms. The van der Waals surface area contributed by atoms with Crippen molar-refractivity contribution >= 4 is 0 Å². The molecule has 0 amide bonds. The van der Waals surface area contributed by atoms with Crippen molar-refractivity contribution in [2.75, 3.05) is 0 Å². The van der Waals surface area contributed by atoms with Gasteiger partial charge >= 0.3 is 0 Å². The Morgan fingerprint density at radius 1 is 0.352 bits per heavy atom. The van der Waals surface area contributed by atoms with Gasteiger partial charge in [-0.25, -0.2) is 0 Å². The fourth-order valence-corrected chi connectivity index (χ4v) is 8.42. The molecule has 0 heterocycles. The summed E-state index contributed by atoms with van der Waals surface area (Å²) in [6.45, 7) is 21.7. The molecule has 4 aliphatic rings. The van der Waals surface area contributed by atoms with Crippen molar-refractivity contribution in [2.45, 2.75) is 120 Å². The molecule has 6 aromatic rings. The first-order valence-electron chi connectivity index (χ1n) is 21.0. The van der Waals surface area contributed by atoms with Gasteiger partial charge in [0.25, 0.3) is 0 Å². The maximum Gasteiger partial charge on any atom is 0.00763 e. The molecule has 2 atom stereocenters. The van der Waals surface area contributed by atoms with Gasteiger partial charge in [0.05, 0.1) is 0 Å². The molecule has 0 radical (unpaired) electrons. The van der Waals surface area contributed by atoms with Crippen LogP contribution in [0, 0.1) is 0 Å². The van der Waals surface area contributed by atoms with Crippen LogP contribution >= 0.6 is 0 Å². The lowest BCUT2D eigenvalue weighted by atomic mass is 9.91. The molecule has 280 valence electrons. The molecule has 4 aliphatic carbocycles. The first kappa shape index (κ1) is 40.5. The van der Waals surface area contributed by atoms with E-state index in [-0.39, 0.29) is 0 Å². The third kappa shape index (κ3) is 7.91. The summed E-state index contributed by atoms with van der Waals surface area (Å²) >= 11 is 0. The normalized spacial score (nSPS) is 14.6. The first-order chi connectivity index (χ1) is 26.3. The third-order valence-corrected chi connectivity index (χ3v) is 10.4. The smallest absolute Gasteiger partial charge is 0.00763 e. The van der Waals surface area contributed by atoms with Crippen molar-refractivity contribution in [3.05, 3.63) is 166 Å². The van der Waals surface area contributed by atoms with Gasteiger partial charge in [-0.1, -0.05) is 216 Å². The lowest BCUT2D eigenvalue weighted by molar-refractivity contribution is 0.937. The summed E-state index contributed by atoms with van der Waals surface area (Å²) in [5.74, 6) is 1.03. The second-order valence-corrected chi connectivity index (χ2v) is 15.2. The summed E-state index contributed by atoms with van der Waals surface area (Å²) in [6, 6.07) is 44.8. The Morgan fingerprint density at radius 2 is 0.741 bits per heavy atom. The van der Waals surface area contributed by atoms with Gasteiger partial charge in [0.2, 0.25) is 0 Å². The Labute approximate surface area is 328 Å². The van der Waals surface area contributed by atoms with Crippen LogP contribution in [0.4, 0.5) is 0 Å². The molecule has 0 aromatic heterocycles. The first-order valence-corrected chi connectivity index (χ1v) is 21.0. The molecule has 0 bridgehead atoms. The van der Waals surface area contributed by atoms with Crippen molar-refractivity contribution in [1.29, 1.82) is 0 Å².